The summed E-state index contributed by atoms with van der Waals surface area (Å²) in [6.07, 6.45) is 7.58. The van der Waals surface area contributed by atoms with Crippen molar-refractivity contribution in [1.82, 2.24) is 15.3 Å². The molecule has 0 aliphatic heterocycles. The van der Waals surface area contributed by atoms with E-state index in [4.69, 9.17) is 4.74 Å². The molecule has 0 fully saturated rings. The Balaban J connectivity index is 2.40. The highest BCUT2D eigenvalue weighted by molar-refractivity contribution is 5.68. The molecule has 1 heterocycles. The van der Waals surface area contributed by atoms with Crippen LogP contribution in [0.4, 0.5) is 4.79 Å². The molecule has 0 radical (unpaired) electrons. The first-order valence-corrected chi connectivity index (χ1v) is 6.71. The zero-order valence-corrected chi connectivity index (χ0v) is 12.8. The summed E-state index contributed by atoms with van der Waals surface area (Å²) in [6.45, 7) is 9.35. The maximum Gasteiger partial charge on any atom is 0.407 e. The van der Waals surface area contributed by atoms with E-state index in [9.17, 15) is 4.79 Å². The normalized spacial score (nSPS) is 13.2. The lowest BCUT2D eigenvalue weighted by molar-refractivity contribution is 0.0509. The van der Waals surface area contributed by atoms with Crippen LogP contribution in [0, 0.1) is 6.92 Å². The maximum atomic E-state index is 11.6. The van der Waals surface area contributed by atoms with Crippen molar-refractivity contribution in [1.29, 1.82) is 0 Å². The third kappa shape index (κ3) is 6.87. The minimum absolute atomic E-state index is 0.00105. The SMILES string of the molecule is Cc1cncc(/C=C/C[C@H](C)NC(=O)OC(C)(C)C)n1. The highest BCUT2D eigenvalue weighted by Gasteiger charge is 2.17. The minimum atomic E-state index is -0.475. The molecule has 1 N–H and O–H groups in total. The smallest absolute Gasteiger partial charge is 0.407 e. The van der Waals surface area contributed by atoms with Gasteiger partial charge >= 0.3 is 6.09 Å². The van der Waals surface area contributed by atoms with E-state index in [1.165, 1.54) is 0 Å². The maximum absolute atomic E-state index is 11.6. The first-order valence-electron chi connectivity index (χ1n) is 6.71. The Bertz CT molecular complexity index is 478. The standard InChI is InChI=1S/C15H23N3O2/c1-11(18-14(19)20-15(3,4)5)7-6-8-13-10-16-9-12(2)17-13/h6,8-11H,7H2,1-5H3,(H,18,19)/b8-6+/t11-/m0/s1. The third-order valence-electron chi connectivity index (χ3n) is 2.32. The van der Waals surface area contributed by atoms with Crippen molar-refractivity contribution >= 4 is 12.2 Å². The Morgan fingerprint density at radius 3 is 2.75 bits per heavy atom. The fourth-order valence-corrected chi connectivity index (χ4v) is 1.52. The number of amides is 1. The predicted octanol–water partition coefficient (Wildman–Crippen LogP) is 3.10. The van der Waals surface area contributed by atoms with Crippen molar-refractivity contribution < 1.29 is 9.53 Å². The Kier molecular flexibility index (Phi) is 5.67. The number of alkyl carbamates (subject to hydrolysis) is 1. The molecule has 5 heteroatoms. The predicted molar refractivity (Wildman–Crippen MR) is 79.3 cm³/mol. The average molecular weight is 277 g/mol. The lowest BCUT2D eigenvalue weighted by atomic mass is 10.2. The summed E-state index contributed by atoms with van der Waals surface area (Å²) in [7, 11) is 0. The minimum Gasteiger partial charge on any atom is -0.444 e. The van der Waals surface area contributed by atoms with Crippen LogP contribution in [-0.2, 0) is 4.74 Å². The highest BCUT2D eigenvalue weighted by Crippen LogP contribution is 2.07. The van der Waals surface area contributed by atoms with Gasteiger partial charge in [-0.05, 0) is 47.1 Å². The van der Waals surface area contributed by atoms with Crippen LogP contribution in [0.3, 0.4) is 0 Å². The van der Waals surface area contributed by atoms with Gasteiger partial charge in [0, 0.05) is 12.2 Å². The number of aromatic nitrogens is 2. The van der Waals surface area contributed by atoms with Crippen LogP contribution in [0.1, 0.15) is 45.5 Å². The van der Waals surface area contributed by atoms with Crippen LogP contribution >= 0.6 is 0 Å². The van der Waals surface area contributed by atoms with Gasteiger partial charge in [0.1, 0.15) is 5.60 Å². The van der Waals surface area contributed by atoms with E-state index in [1.54, 1.807) is 12.4 Å². The molecule has 0 saturated heterocycles. The first kappa shape index (κ1) is 16.1. The van der Waals surface area contributed by atoms with E-state index >= 15 is 0 Å². The van der Waals surface area contributed by atoms with Crippen LogP contribution < -0.4 is 5.32 Å². The summed E-state index contributed by atoms with van der Waals surface area (Å²) in [4.78, 5) is 20.0. The van der Waals surface area contributed by atoms with Crippen molar-refractivity contribution in [3.8, 4) is 0 Å². The molecule has 1 amide bonds. The third-order valence-corrected chi connectivity index (χ3v) is 2.32. The Morgan fingerprint density at radius 1 is 1.45 bits per heavy atom. The molecule has 110 valence electrons. The monoisotopic (exact) mass is 277 g/mol. The summed E-state index contributed by atoms with van der Waals surface area (Å²) >= 11 is 0. The molecule has 1 aromatic rings. The van der Waals surface area contributed by atoms with Gasteiger partial charge in [-0.3, -0.25) is 9.97 Å². The summed E-state index contributed by atoms with van der Waals surface area (Å²) in [5.41, 5.74) is 1.22. The second-order valence-corrected chi connectivity index (χ2v) is 5.77. The van der Waals surface area contributed by atoms with Gasteiger partial charge < -0.3 is 10.1 Å². The summed E-state index contributed by atoms with van der Waals surface area (Å²) < 4.78 is 5.19. The Labute approximate surface area is 120 Å². The lowest BCUT2D eigenvalue weighted by Crippen LogP contribution is -2.37. The van der Waals surface area contributed by atoms with Crippen LogP contribution in [0.25, 0.3) is 6.08 Å². The first-order chi connectivity index (χ1) is 9.26. The van der Waals surface area contributed by atoms with E-state index in [-0.39, 0.29) is 6.04 Å². The molecule has 1 rings (SSSR count). The van der Waals surface area contributed by atoms with Gasteiger partial charge in [-0.1, -0.05) is 6.08 Å². The second kappa shape index (κ2) is 7.03. The molecule has 0 saturated carbocycles. The molecule has 20 heavy (non-hydrogen) atoms. The zero-order valence-electron chi connectivity index (χ0n) is 12.8. The molecular weight excluding hydrogens is 254 g/mol. The fourth-order valence-electron chi connectivity index (χ4n) is 1.52. The molecule has 1 aromatic heterocycles. The van der Waals surface area contributed by atoms with Crippen LogP contribution in [0.15, 0.2) is 18.5 Å². The molecular formula is C15H23N3O2. The molecule has 0 unspecified atom stereocenters. The number of rotatable bonds is 4. The van der Waals surface area contributed by atoms with E-state index in [1.807, 2.05) is 46.8 Å². The quantitative estimate of drug-likeness (QED) is 0.918. The molecule has 0 aliphatic rings. The molecule has 0 aromatic carbocycles. The van der Waals surface area contributed by atoms with Gasteiger partial charge in [-0.2, -0.15) is 0 Å². The molecule has 5 nitrogen and oxygen atoms in total. The number of carbonyl (C=O) groups is 1. The van der Waals surface area contributed by atoms with Crippen molar-refractivity contribution in [3.63, 3.8) is 0 Å². The van der Waals surface area contributed by atoms with E-state index in [0.29, 0.717) is 6.42 Å². The van der Waals surface area contributed by atoms with Gasteiger partial charge in [0.15, 0.2) is 0 Å². The van der Waals surface area contributed by atoms with Crippen molar-refractivity contribution in [2.45, 2.75) is 52.7 Å². The van der Waals surface area contributed by atoms with E-state index in [2.05, 4.69) is 15.3 Å². The average Bonchev–Trinajstić information content (AvgIpc) is 2.25. The molecule has 0 aliphatic carbocycles. The van der Waals surface area contributed by atoms with Crippen molar-refractivity contribution in [3.05, 3.63) is 29.9 Å². The fraction of sp³-hybridized carbons (Fsp3) is 0.533. The number of hydrogen-bond acceptors (Lipinski definition) is 4. The number of hydrogen-bond donors (Lipinski definition) is 1. The Hall–Kier alpha value is -1.91. The topological polar surface area (TPSA) is 64.1 Å². The van der Waals surface area contributed by atoms with Crippen LogP contribution in [0.2, 0.25) is 0 Å². The Morgan fingerprint density at radius 2 is 2.15 bits per heavy atom. The van der Waals surface area contributed by atoms with E-state index in [0.717, 1.165) is 11.4 Å². The van der Waals surface area contributed by atoms with Gasteiger partial charge in [-0.15, -0.1) is 0 Å². The molecule has 1 atom stereocenters. The van der Waals surface area contributed by atoms with Crippen LogP contribution in [-0.4, -0.2) is 27.7 Å². The second-order valence-electron chi connectivity index (χ2n) is 5.77. The summed E-state index contributed by atoms with van der Waals surface area (Å²) in [6, 6.07) is -0.00105. The highest BCUT2D eigenvalue weighted by atomic mass is 16.6. The van der Waals surface area contributed by atoms with Crippen LogP contribution in [0.5, 0.6) is 0 Å². The molecule has 0 bridgehead atoms. The zero-order chi connectivity index (χ0) is 15.2. The number of carbonyl (C=O) groups excluding carboxylic acids is 1. The summed E-state index contributed by atoms with van der Waals surface area (Å²) in [5.74, 6) is 0. The van der Waals surface area contributed by atoms with Crippen molar-refractivity contribution in [2.24, 2.45) is 0 Å². The van der Waals surface area contributed by atoms with Gasteiger partial charge in [0.2, 0.25) is 0 Å². The number of ether oxygens (including phenoxy) is 1. The number of aryl methyl sites for hydroxylation is 1. The van der Waals surface area contributed by atoms with E-state index < -0.39 is 11.7 Å². The number of nitrogens with zero attached hydrogens (tertiary/aromatic N) is 2. The molecule has 0 spiro atoms. The van der Waals surface area contributed by atoms with Crippen molar-refractivity contribution in [2.75, 3.05) is 0 Å². The van der Waals surface area contributed by atoms with Gasteiger partial charge in [0.25, 0.3) is 0 Å². The van der Waals surface area contributed by atoms with Gasteiger partial charge in [0.05, 0.1) is 17.6 Å². The summed E-state index contributed by atoms with van der Waals surface area (Å²) in [5, 5.41) is 2.79. The number of nitrogens with one attached hydrogen (secondary N) is 1. The largest absolute Gasteiger partial charge is 0.444 e. The van der Waals surface area contributed by atoms with Gasteiger partial charge in [-0.25, -0.2) is 4.79 Å². The lowest BCUT2D eigenvalue weighted by Gasteiger charge is -2.21.